The van der Waals surface area contributed by atoms with Crippen LogP contribution in [0.15, 0.2) is 24.3 Å². The van der Waals surface area contributed by atoms with Crippen LogP contribution in [0.3, 0.4) is 0 Å². The zero-order valence-electron chi connectivity index (χ0n) is 13.2. The van der Waals surface area contributed by atoms with Crippen molar-refractivity contribution in [2.75, 3.05) is 46.0 Å². The normalized spacial score (nSPS) is 15.4. The van der Waals surface area contributed by atoms with E-state index >= 15 is 0 Å². The average Bonchev–Trinajstić information content (AvgIpc) is 2.58. The molecule has 1 heterocycles. The molecule has 120 valence electrons. The van der Waals surface area contributed by atoms with Gasteiger partial charge in [0.25, 0.3) is 0 Å². The third kappa shape index (κ3) is 6.07. The van der Waals surface area contributed by atoms with E-state index in [1.165, 1.54) is 19.4 Å². The molecule has 4 heteroatoms. The Hall–Kier alpha value is -1.54. The van der Waals surface area contributed by atoms with Crippen molar-refractivity contribution in [1.29, 1.82) is 0 Å². The summed E-state index contributed by atoms with van der Waals surface area (Å²) < 4.78 is 10.9. The highest BCUT2D eigenvalue weighted by Gasteiger charge is 2.09. The molecule has 1 saturated heterocycles. The third-order valence-electron chi connectivity index (χ3n) is 3.78. The first-order chi connectivity index (χ1) is 10.9. The Morgan fingerprint density at radius 2 is 2.05 bits per heavy atom. The second-order valence-corrected chi connectivity index (χ2v) is 5.44. The summed E-state index contributed by atoms with van der Waals surface area (Å²) >= 11 is 0. The summed E-state index contributed by atoms with van der Waals surface area (Å²) in [5, 5.41) is 3.48. The van der Waals surface area contributed by atoms with Gasteiger partial charge in [0, 0.05) is 25.2 Å². The van der Waals surface area contributed by atoms with E-state index in [4.69, 9.17) is 15.9 Å². The van der Waals surface area contributed by atoms with Crippen LogP contribution in [0.25, 0.3) is 0 Å². The summed E-state index contributed by atoms with van der Waals surface area (Å²) in [6.07, 6.45) is 7.65. The van der Waals surface area contributed by atoms with Gasteiger partial charge in [-0.3, -0.25) is 4.90 Å². The Morgan fingerprint density at radius 1 is 1.23 bits per heavy atom. The van der Waals surface area contributed by atoms with Gasteiger partial charge in [-0.2, -0.15) is 0 Å². The van der Waals surface area contributed by atoms with E-state index < -0.39 is 0 Å². The van der Waals surface area contributed by atoms with Crippen LogP contribution in [0.1, 0.15) is 18.4 Å². The minimum Gasteiger partial charge on any atom is -0.481 e. The van der Waals surface area contributed by atoms with Crippen LogP contribution in [0, 0.1) is 12.3 Å². The maximum absolute atomic E-state index is 5.55. The van der Waals surface area contributed by atoms with E-state index in [-0.39, 0.29) is 0 Å². The molecule has 0 saturated carbocycles. The standard InChI is InChI=1S/C18H26N2O2/c1-2-13-22-18-8-4-3-7-17(18)16-19-9-5-6-10-20-11-14-21-15-12-20/h1,3-4,7-8,19H,5-6,9-16H2. The molecule has 1 aromatic rings. The van der Waals surface area contributed by atoms with Gasteiger partial charge in [0.15, 0.2) is 0 Å². The summed E-state index contributed by atoms with van der Waals surface area (Å²) in [6, 6.07) is 8.04. The lowest BCUT2D eigenvalue weighted by Gasteiger charge is -2.26. The lowest BCUT2D eigenvalue weighted by molar-refractivity contribution is 0.0372. The van der Waals surface area contributed by atoms with Crippen molar-refractivity contribution in [2.24, 2.45) is 0 Å². The van der Waals surface area contributed by atoms with Crippen LogP contribution in [0.5, 0.6) is 5.75 Å². The molecular weight excluding hydrogens is 276 g/mol. The van der Waals surface area contributed by atoms with Gasteiger partial charge in [0.05, 0.1) is 13.2 Å². The quantitative estimate of drug-likeness (QED) is 0.558. The maximum Gasteiger partial charge on any atom is 0.148 e. The molecule has 1 N–H and O–H groups in total. The molecule has 0 amide bonds. The first-order valence-corrected chi connectivity index (χ1v) is 8.05. The van der Waals surface area contributed by atoms with Gasteiger partial charge >= 0.3 is 0 Å². The number of terminal acetylenes is 1. The van der Waals surface area contributed by atoms with E-state index in [1.54, 1.807) is 0 Å². The van der Waals surface area contributed by atoms with Crippen molar-refractivity contribution in [1.82, 2.24) is 10.2 Å². The van der Waals surface area contributed by atoms with Crippen LogP contribution >= 0.6 is 0 Å². The zero-order chi connectivity index (χ0) is 15.5. The summed E-state index contributed by atoms with van der Waals surface area (Å²) in [5.74, 6) is 3.38. The second kappa shape index (κ2) is 10.2. The second-order valence-electron chi connectivity index (χ2n) is 5.44. The van der Waals surface area contributed by atoms with Gasteiger partial charge in [-0.25, -0.2) is 0 Å². The Morgan fingerprint density at radius 3 is 2.86 bits per heavy atom. The molecule has 0 spiro atoms. The molecule has 1 aliphatic heterocycles. The van der Waals surface area contributed by atoms with E-state index in [0.717, 1.165) is 50.7 Å². The summed E-state index contributed by atoms with van der Waals surface area (Å²) in [7, 11) is 0. The van der Waals surface area contributed by atoms with E-state index in [0.29, 0.717) is 6.61 Å². The molecule has 1 fully saturated rings. The molecular formula is C18H26N2O2. The fraction of sp³-hybridized carbons (Fsp3) is 0.556. The molecule has 2 rings (SSSR count). The number of benzene rings is 1. The number of nitrogens with zero attached hydrogens (tertiary/aromatic N) is 1. The predicted molar refractivity (Wildman–Crippen MR) is 89.0 cm³/mol. The van der Waals surface area contributed by atoms with Crippen LogP contribution in [0.2, 0.25) is 0 Å². The topological polar surface area (TPSA) is 33.7 Å². The average molecular weight is 302 g/mol. The molecule has 22 heavy (non-hydrogen) atoms. The lowest BCUT2D eigenvalue weighted by Crippen LogP contribution is -2.37. The Bertz CT molecular complexity index is 464. The van der Waals surface area contributed by atoms with Gasteiger partial charge in [-0.1, -0.05) is 24.1 Å². The Balaban J connectivity index is 1.59. The van der Waals surface area contributed by atoms with Gasteiger partial charge in [-0.05, 0) is 32.0 Å². The molecule has 1 aromatic carbocycles. The number of hydrogen-bond donors (Lipinski definition) is 1. The molecule has 0 bridgehead atoms. The molecule has 0 radical (unpaired) electrons. The highest BCUT2D eigenvalue weighted by atomic mass is 16.5. The van der Waals surface area contributed by atoms with Crippen LogP contribution in [0.4, 0.5) is 0 Å². The van der Waals surface area contributed by atoms with E-state index in [1.807, 2.05) is 18.2 Å². The zero-order valence-corrected chi connectivity index (χ0v) is 13.2. The van der Waals surface area contributed by atoms with Crippen molar-refractivity contribution in [3.8, 4) is 18.1 Å². The number of morpholine rings is 1. The van der Waals surface area contributed by atoms with Gasteiger partial charge in [0.1, 0.15) is 12.4 Å². The number of unbranched alkanes of at least 4 members (excludes halogenated alkanes) is 1. The largest absolute Gasteiger partial charge is 0.481 e. The fourth-order valence-electron chi connectivity index (χ4n) is 2.54. The van der Waals surface area contributed by atoms with Gasteiger partial charge in [-0.15, -0.1) is 6.42 Å². The fourth-order valence-corrected chi connectivity index (χ4v) is 2.54. The molecule has 0 atom stereocenters. The number of para-hydroxylation sites is 1. The molecule has 0 aliphatic carbocycles. The number of nitrogens with one attached hydrogen (secondary N) is 1. The van der Waals surface area contributed by atoms with Crippen molar-refractivity contribution in [3.05, 3.63) is 29.8 Å². The SMILES string of the molecule is C#CCOc1ccccc1CNCCCCN1CCOCC1. The Kier molecular flexibility index (Phi) is 7.82. The van der Waals surface area contributed by atoms with Crippen molar-refractivity contribution in [3.63, 3.8) is 0 Å². The molecule has 0 unspecified atom stereocenters. The number of ether oxygens (including phenoxy) is 2. The third-order valence-corrected chi connectivity index (χ3v) is 3.78. The van der Waals surface area contributed by atoms with E-state index in [2.05, 4.69) is 22.2 Å². The first-order valence-electron chi connectivity index (χ1n) is 8.05. The van der Waals surface area contributed by atoms with Crippen molar-refractivity contribution in [2.45, 2.75) is 19.4 Å². The maximum atomic E-state index is 5.55. The monoisotopic (exact) mass is 302 g/mol. The predicted octanol–water partition coefficient (Wildman–Crippen LogP) is 1.90. The van der Waals surface area contributed by atoms with Gasteiger partial charge in [0.2, 0.25) is 0 Å². The van der Waals surface area contributed by atoms with E-state index in [9.17, 15) is 0 Å². The van der Waals surface area contributed by atoms with Crippen molar-refractivity contribution >= 4 is 0 Å². The molecule has 0 aromatic heterocycles. The molecule has 1 aliphatic rings. The summed E-state index contributed by atoms with van der Waals surface area (Å²) in [5.41, 5.74) is 1.16. The smallest absolute Gasteiger partial charge is 0.148 e. The number of rotatable bonds is 9. The lowest BCUT2D eigenvalue weighted by atomic mass is 10.2. The van der Waals surface area contributed by atoms with Crippen molar-refractivity contribution < 1.29 is 9.47 Å². The van der Waals surface area contributed by atoms with Crippen LogP contribution in [-0.2, 0) is 11.3 Å². The number of hydrogen-bond acceptors (Lipinski definition) is 4. The Labute approximate surface area is 133 Å². The van der Waals surface area contributed by atoms with Crippen LogP contribution < -0.4 is 10.1 Å². The summed E-state index contributed by atoms with van der Waals surface area (Å²) in [4.78, 5) is 2.48. The molecule has 4 nitrogen and oxygen atoms in total. The minimum atomic E-state index is 0.316. The van der Waals surface area contributed by atoms with Gasteiger partial charge < -0.3 is 14.8 Å². The minimum absolute atomic E-state index is 0.316. The summed E-state index contributed by atoms with van der Waals surface area (Å²) in [6.45, 7) is 7.25. The highest BCUT2D eigenvalue weighted by Crippen LogP contribution is 2.17. The first kappa shape index (κ1) is 16.8. The highest BCUT2D eigenvalue weighted by molar-refractivity contribution is 5.33. The van der Waals surface area contributed by atoms with Crippen LogP contribution in [-0.4, -0.2) is 50.9 Å².